The number of benzene rings is 1. The Balaban J connectivity index is 2.25. The average Bonchev–Trinajstić information content (AvgIpc) is 2.78. The van der Waals surface area contributed by atoms with Crippen molar-refractivity contribution < 1.29 is 4.39 Å². The minimum Gasteiger partial charge on any atom is -0.313 e. The van der Waals surface area contributed by atoms with E-state index in [1.54, 1.807) is 12.1 Å². The van der Waals surface area contributed by atoms with Crippen LogP contribution >= 0.6 is 0 Å². The molecule has 0 bridgehead atoms. The second kappa shape index (κ2) is 5.78. The van der Waals surface area contributed by atoms with Crippen molar-refractivity contribution in [3.63, 3.8) is 0 Å². The van der Waals surface area contributed by atoms with Gasteiger partial charge in [-0.15, -0.1) is 0 Å². The predicted molar refractivity (Wildman–Crippen MR) is 70.7 cm³/mol. The fourth-order valence-electron chi connectivity index (χ4n) is 1.99. The number of aryl methyl sites for hydroxylation is 1. The van der Waals surface area contributed by atoms with Crippen molar-refractivity contribution in [3.05, 3.63) is 41.3 Å². The molecule has 0 aliphatic rings. The topological polar surface area (TPSA) is 40.7 Å². The third-order valence-corrected chi connectivity index (χ3v) is 2.92. The fraction of sp³-hybridized carbons (Fsp3) is 0.357. The summed E-state index contributed by atoms with van der Waals surface area (Å²) >= 11 is 0. The summed E-state index contributed by atoms with van der Waals surface area (Å²) < 4.78 is 13.1. The highest BCUT2D eigenvalue weighted by molar-refractivity contribution is 5.66. The lowest BCUT2D eigenvalue weighted by Crippen LogP contribution is -2.13. The second-order valence-corrected chi connectivity index (χ2v) is 4.41. The standard InChI is InChI=1S/C14H18FN3/c1-3-6-16-8-11-9-17-18-14(11)13-5-4-12(15)7-10(13)2/h4-5,7,9,16H,3,6,8H2,1-2H3,(H,17,18). The summed E-state index contributed by atoms with van der Waals surface area (Å²) in [5, 5.41) is 10.4. The maximum atomic E-state index is 13.1. The van der Waals surface area contributed by atoms with Crippen LogP contribution in [0.2, 0.25) is 0 Å². The molecule has 0 aliphatic carbocycles. The number of hydrogen-bond acceptors (Lipinski definition) is 2. The highest BCUT2D eigenvalue weighted by atomic mass is 19.1. The van der Waals surface area contributed by atoms with Crippen molar-refractivity contribution in [3.8, 4) is 11.3 Å². The van der Waals surface area contributed by atoms with Gasteiger partial charge in [-0.25, -0.2) is 4.39 Å². The molecule has 1 aromatic heterocycles. The third kappa shape index (κ3) is 2.76. The van der Waals surface area contributed by atoms with Crippen LogP contribution in [0.3, 0.4) is 0 Å². The summed E-state index contributed by atoms with van der Waals surface area (Å²) in [5.41, 5.74) is 3.99. The number of rotatable bonds is 5. The molecule has 0 atom stereocenters. The minimum absolute atomic E-state index is 0.207. The molecular weight excluding hydrogens is 229 g/mol. The average molecular weight is 247 g/mol. The van der Waals surface area contributed by atoms with Crippen LogP contribution in [0.5, 0.6) is 0 Å². The van der Waals surface area contributed by atoms with E-state index >= 15 is 0 Å². The summed E-state index contributed by atoms with van der Waals surface area (Å²) in [4.78, 5) is 0. The molecule has 0 fully saturated rings. The second-order valence-electron chi connectivity index (χ2n) is 4.41. The molecule has 18 heavy (non-hydrogen) atoms. The Morgan fingerprint density at radius 2 is 2.22 bits per heavy atom. The first-order chi connectivity index (χ1) is 8.72. The van der Waals surface area contributed by atoms with Crippen molar-refractivity contribution in [2.24, 2.45) is 0 Å². The van der Waals surface area contributed by atoms with E-state index in [2.05, 4.69) is 22.4 Å². The van der Waals surface area contributed by atoms with Crippen LogP contribution in [0, 0.1) is 12.7 Å². The van der Waals surface area contributed by atoms with Crippen LogP contribution in [0.1, 0.15) is 24.5 Å². The number of hydrogen-bond donors (Lipinski definition) is 2. The first-order valence-corrected chi connectivity index (χ1v) is 6.22. The zero-order valence-electron chi connectivity index (χ0n) is 10.8. The number of halogens is 1. The summed E-state index contributed by atoms with van der Waals surface area (Å²) in [7, 11) is 0. The lowest BCUT2D eigenvalue weighted by molar-refractivity contribution is 0.627. The van der Waals surface area contributed by atoms with E-state index < -0.39 is 0 Å². The smallest absolute Gasteiger partial charge is 0.123 e. The molecule has 4 heteroatoms. The summed E-state index contributed by atoms with van der Waals surface area (Å²) in [5.74, 6) is -0.207. The number of nitrogens with one attached hydrogen (secondary N) is 2. The van der Waals surface area contributed by atoms with E-state index in [9.17, 15) is 4.39 Å². The summed E-state index contributed by atoms with van der Waals surface area (Å²) in [6.45, 7) is 5.79. The molecule has 3 nitrogen and oxygen atoms in total. The van der Waals surface area contributed by atoms with E-state index in [0.29, 0.717) is 0 Å². The molecule has 0 unspecified atom stereocenters. The molecule has 0 aliphatic heterocycles. The quantitative estimate of drug-likeness (QED) is 0.797. The third-order valence-electron chi connectivity index (χ3n) is 2.92. The molecule has 0 saturated carbocycles. The SMILES string of the molecule is CCCNCc1cn[nH]c1-c1ccc(F)cc1C. The van der Waals surface area contributed by atoms with Gasteiger partial charge in [0.1, 0.15) is 5.82 Å². The highest BCUT2D eigenvalue weighted by Crippen LogP contribution is 2.25. The maximum Gasteiger partial charge on any atom is 0.123 e. The van der Waals surface area contributed by atoms with Crippen LogP contribution in [0.15, 0.2) is 24.4 Å². The van der Waals surface area contributed by atoms with Crippen LogP contribution in [0.4, 0.5) is 4.39 Å². The minimum atomic E-state index is -0.207. The van der Waals surface area contributed by atoms with E-state index in [0.717, 1.165) is 41.9 Å². The van der Waals surface area contributed by atoms with Crippen molar-refractivity contribution in [1.82, 2.24) is 15.5 Å². The zero-order valence-corrected chi connectivity index (χ0v) is 10.8. The van der Waals surface area contributed by atoms with Gasteiger partial charge < -0.3 is 5.32 Å². The van der Waals surface area contributed by atoms with E-state index in [4.69, 9.17) is 0 Å². The molecule has 1 heterocycles. The first kappa shape index (κ1) is 12.8. The first-order valence-electron chi connectivity index (χ1n) is 6.22. The number of aromatic amines is 1. The molecular formula is C14H18FN3. The van der Waals surface area contributed by atoms with Gasteiger partial charge in [0.15, 0.2) is 0 Å². The Bertz CT molecular complexity index is 520. The molecule has 0 spiro atoms. The molecule has 2 N–H and O–H groups in total. The van der Waals surface area contributed by atoms with Crippen LogP contribution in [-0.4, -0.2) is 16.7 Å². The van der Waals surface area contributed by atoms with E-state index in [1.165, 1.54) is 6.07 Å². The van der Waals surface area contributed by atoms with Gasteiger partial charge in [0.25, 0.3) is 0 Å². The summed E-state index contributed by atoms with van der Waals surface area (Å²) in [6.07, 6.45) is 2.92. The highest BCUT2D eigenvalue weighted by Gasteiger charge is 2.10. The van der Waals surface area contributed by atoms with Crippen LogP contribution < -0.4 is 5.32 Å². The zero-order chi connectivity index (χ0) is 13.0. The van der Waals surface area contributed by atoms with Gasteiger partial charge in [-0.3, -0.25) is 5.10 Å². The van der Waals surface area contributed by atoms with Gasteiger partial charge in [-0.05, 0) is 43.7 Å². The Kier molecular flexibility index (Phi) is 4.10. The van der Waals surface area contributed by atoms with Gasteiger partial charge in [0, 0.05) is 17.7 Å². The van der Waals surface area contributed by atoms with E-state index in [1.807, 2.05) is 13.1 Å². The molecule has 0 amide bonds. The fourth-order valence-corrected chi connectivity index (χ4v) is 1.99. The van der Waals surface area contributed by atoms with Crippen molar-refractivity contribution >= 4 is 0 Å². The van der Waals surface area contributed by atoms with Crippen molar-refractivity contribution in [2.75, 3.05) is 6.54 Å². The van der Waals surface area contributed by atoms with E-state index in [-0.39, 0.29) is 5.82 Å². The van der Waals surface area contributed by atoms with Gasteiger partial charge in [0.05, 0.1) is 11.9 Å². The van der Waals surface area contributed by atoms with Gasteiger partial charge in [-0.1, -0.05) is 6.92 Å². The molecule has 96 valence electrons. The number of aromatic nitrogens is 2. The van der Waals surface area contributed by atoms with Crippen molar-refractivity contribution in [1.29, 1.82) is 0 Å². The molecule has 0 saturated heterocycles. The lowest BCUT2D eigenvalue weighted by atomic mass is 10.0. The molecule has 2 aromatic rings. The van der Waals surface area contributed by atoms with Gasteiger partial charge in [0.2, 0.25) is 0 Å². The van der Waals surface area contributed by atoms with Gasteiger partial charge >= 0.3 is 0 Å². The number of nitrogens with zero attached hydrogens (tertiary/aromatic N) is 1. The normalized spacial score (nSPS) is 10.8. The molecule has 2 rings (SSSR count). The largest absolute Gasteiger partial charge is 0.313 e. The molecule has 0 radical (unpaired) electrons. The van der Waals surface area contributed by atoms with Crippen molar-refractivity contribution in [2.45, 2.75) is 26.8 Å². The Morgan fingerprint density at radius 1 is 1.39 bits per heavy atom. The maximum absolute atomic E-state index is 13.1. The van der Waals surface area contributed by atoms with Crippen LogP contribution in [-0.2, 0) is 6.54 Å². The summed E-state index contributed by atoms with van der Waals surface area (Å²) in [6, 6.07) is 4.81. The lowest BCUT2D eigenvalue weighted by Gasteiger charge is -2.07. The van der Waals surface area contributed by atoms with Gasteiger partial charge in [-0.2, -0.15) is 5.10 Å². The Labute approximate surface area is 106 Å². The van der Waals surface area contributed by atoms with Crippen LogP contribution in [0.25, 0.3) is 11.3 Å². The molecule has 1 aromatic carbocycles. The predicted octanol–water partition coefficient (Wildman–Crippen LogP) is 3.02. The Hall–Kier alpha value is -1.68. The monoisotopic (exact) mass is 247 g/mol. The number of H-pyrrole nitrogens is 1. The Morgan fingerprint density at radius 3 is 2.94 bits per heavy atom.